The molecule has 3 heterocycles. The van der Waals surface area contributed by atoms with E-state index < -0.39 is 0 Å². The van der Waals surface area contributed by atoms with E-state index in [1.807, 2.05) is 4.90 Å². The molecule has 1 nitrogen and oxygen atoms in total. The second-order valence-electron chi connectivity index (χ2n) is 3.31. The normalized spacial score (nSPS) is 44.7. The summed E-state index contributed by atoms with van der Waals surface area (Å²) in [5, 5.41) is 0. The average molecular weight is 365 g/mol. The smallest absolute Gasteiger partial charge is 0.0893 e. The third-order valence-electron chi connectivity index (χ3n) is 2.73. The van der Waals surface area contributed by atoms with Crippen LogP contribution >= 0.6 is 22.6 Å². The Morgan fingerprint density at radius 3 is 2.00 bits per heavy atom. The molecule has 60 valence electrons. The Morgan fingerprint density at radius 1 is 1.20 bits per heavy atom. The summed E-state index contributed by atoms with van der Waals surface area (Å²) in [5.74, 6) is 1.09. The highest BCUT2D eigenvalue weighted by Crippen LogP contribution is 2.23. The van der Waals surface area contributed by atoms with Gasteiger partial charge in [-0.2, -0.15) is 0 Å². The molecule has 3 rings (SSSR count). The van der Waals surface area contributed by atoms with E-state index in [4.69, 9.17) is 0 Å². The van der Waals surface area contributed by atoms with Gasteiger partial charge in [-0.25, -0.2) is 0 Å². The minimum absolute atomic E-state index is 0. The molecule has 3 aliphatic rings. The summed E-state index contributed by atoms with van der Waals surface area (Å²) >= 11 is 2.63. The van der Waals surface area contributed by atoms with E-state index in [9.17, 15) is 0 Å². The molecule has 0 aromatic rings. The molecule has 10 heavy (non-hydrogen) atoms. The fourth-order valence-corrected chi connectivity index (χ4v) is 3.40. The number of nitrogens with one attached hydrogen (secondary N) is 1. The molecule has 0 unspecified atom stereocenters. The number of piperidine rings is 3. The third-order valence-corrected chi connectivity index (χ3v) is 4.19. The molecule has 0 aromatic heterocycles. The van der Waals surface area contributed by atoms with Gasteiger partial charge in [-0.3, -0.25) is 0 Å². The molecule has 3 saturated heterocycles. The standard InChI is InChI=1S/C7H12IN.HI/c8-7-5-9-3-1-6(7)2-4-9;/h6-7H,1-5H2;1H/t7-;/m1./s1. The maximum absolute atomic E-state index is 2.63. The van der Waals surface area contributed by atoms with Gasteiger partial charge < -0.3 is 28.9 Å². The summed E-state index contributed by atoms with van der Waals surface area (Å²) in [6.45, 7) is 4.37. The summed E-state index contributed by atoms with van der Waals surface area (Å²) in [6.07, 6.45) is 3.01. The number of halogens is 2. The van der Waals surface area contributed by atoms with Gasteiger partial charge in [0.25, 0.3) is 0 Å². The number of hydrogen-bond acceptors (Lipinski definition) is 0. The fraction of sp³-hybridized carbons (Fsp3) is 1.00. The molecule has 2 bridgehead atoms. The van der Waals surface area contributed by atoms with E-state index >= 15 is 0 Å². The van der Waals surface area contributed by atoms with Crippen molar-refractivity contribution in [1.29, 1.82) is 0 Å². The van der Waals surface area contributed by atoms with Crippen molar-refractivity contribution in [2.45, 2.75) is 16.8 Å². The summed E-state index contributed by atoms with van der Waals surface area (Å²) in [4.78, 5) is 1.86. The number of fused-ring (bicyclic) bond motifs is 3. The molecule has 0 saturated carbocycles. The molecule has 0 aromatic carbocycles. The van der Waals surface area contributed by atoms with Crippen LogP contribution in [0.4, 0.5) is 0 Å². The first-order valence-electron chi connectivity index (χ1n) is 3.84. The summed E-state index contributed by atoms with van der Waals surface area (Å²) in [6, 6.07) is 0. The van der Waals surface area contributed by atoms with Crippen LogP contribution in [0.3, 0.4) is 0 Å². The molecular formula is C7H13I2N. The van der Waals surface area contributed by atoms with Gasteiger partial charge in [0.1, 0.15) is 0 Å². The molecule has 0 spiro atoms. The lowest BCUT2D eigenvalue weighted by atomic mass is 9.88. The van der Waals surface area contributed by atoms with Gasteiger partial charge in [0.15, 0.2) is 0 Å². The quantitative estimate of drug-likeness (QED) is 0.347. The van der Waals surface area contributed by atoms with Crippen molar-refractivity contribution in [2.24, 2.45) is 5.92 Å². The van der Waals surface area contributed by atoms with E-state index in [2.05, 4.69) is 22.6 Å². The summed E-state index contributed by atoms with van der Waals surface area (Å²) in [7, 11) is 0. The second kappa shape index (κ2) is 3.89. The lowest BCUT2D eigenvalue weighted by Gasteiger charge is -2.39. The van der Waals surface area contributed by atoms with Gasteiger partial charge >= 0.3 is 0 Å². The highest BCUT2D eigenvalue weighted by molar-refractivity contribution is 14.1. The van der Waals surface area contributed by atoms with Crippen LogP contribution in [0.25, 0.3) is 0 Å². The van der Waals surface area contributed by atoms with Crippen LogP contribution in [0.15, 0.2) is 0 Å². The Hall–Kier alpha value is 1.42. The molecule has 1 atom stereocenters. The maximum atomic E-state index is 2.63. The van der Waals surface area contributed by atoms with Gasteiger partial charge in [-0.1, -0.05) is 22.6 Å². The van der Waals surface area contributed by atoms with Crippen LogP contribution in [0.2, 0.25) is 0 Å². The zero-order valence-electron chi connectivity index (χ0n) is 5.95. The molecule has 0 aliphatic carbocycles. The topological polar surface area (TPSA) is 4.44 Å². The lowest BCUT2D eigenvalue weighted by molar-refractivity contribution is -0.914. The Labute approximate surface area is 93.1 Å². The molecule has 3 fully saturated rings. The minimum atomic E-state index is 0. The number of hydrogen-bond donors (Lipinski definition) is 1. The van der Waals surface area contributed by atoms with E-state index in [0.717, 1.165) is 9.84 Å². The van der Waals surface area contributed by atoms with Gasteiger partial charge in [-0.05, 0) is 5.92 Å². The SMILES string of the molecule is I[C@@H]1C[NH+]2CCC1CC2.[I-]. The number of alkyl halides is 1. The van der Waals surface area contributed by atoms with Crippen molar-refractivity contribution in [3.8, 4) is 0 Å². The van der Waals surface area contributed by atoms with Crippen LogP contribution in [-0.4, -0.2) is 23.6 Å². The van der Waals surface area contributed by atoms with Gasteiger partial charge in [0.2, 0.25) is 0 Å². The highest BCUT2D eigenvalue weighted by Gasteiger charge is 2.35. The van der Waals surface area contributed by atoms with Crippen LogP contribution < -0.4 is 28.9 Å². The summed E-state index contributed by atoms with van der Waals surface area (Å²) < 4.78 is 1.00. The van der Waals surface area contributed by atoms with Crippen molar-refractivity contribution in [1.82, 2.24) is 0 Å². The Kier molecular flexibility index (Phi) is 3.70. The maximum Gasteiger partial charge on any atom is 0.0893 e. The number of quaternary nitrogens is 1. The predicted molar refractivity (Wildman–Crippen MR) is 46.1 cm³/mol. The van der Waals surface area contributed by atoms with Crippen molar-refractivity contribution in [2.75, 3.05) is 19.6 Å². The Bertz CT molecular complexity index is 110. The zero-order valence-corrected chi connectivity index (χ0v) is 10.3. The van der Waals surface area contributed by atoms with Crippen LogP contribution in [-0.2, 0) is 0 Å². The summed E-state index contributed by atoms with van der Waals surface area (Å²) in [5.41, 5.74) is 0. The number of rotatable bonds is 0. The molecule has 0 radical (unpaired) electrons. The van der Waals surface area contributed by atoms with E-state index in [1.54, 1.807) is 0 Å². The van der Waals surface area contributed by atoms with Gasteiger partial charge in [0.05, 0.1) is 23.6 Å². The Morgan fingerprint density at radius 2 is 1.80 bits per heavy atom. The average Bonchev–Trinajstić information content (AvgIpc) is 1.90. The van der Waals surface area contributed by atoms with E-state index in [1.165, 1.54) is 32.5 Å². The van der Waals surface area contributed by atoms with E-state index in [0.29, 0.717) is 0 Å². The molecule has 1 N–H and O–H groups in total. The lowest BCUT2D eigenvalue weighted by Crippen LogP contribution is -3.16. The van der Waals surface area contributed by atoms with Crippen molar-refractivity contribution >= 4 is 22.6 Å². The second-order valence-corrected chi connectivity index (χ2v) is 4.91. The monoisotopic (exact) mass is 365 g/mol. The first kappa shape index (κ1) is 9.51. The third kappa shape index (κ3) is 1.77. The van der Waals surface area contributed by atoms with Crippen molar-refractivity contribution in [3.05, 3.63) is 0 Å². The van der Waals surface area contributed by atoms with Crippen molar-refractivity contribution < 1.29 is 28.9 Å². The van der Waals surface area contributed by atoms with Gasteiger partial charge in [-0.15, -0.1) is 0 Å². The predicted octanol–water partition coefficient (Wildman–Crippen LogP) is -2.90. The largest absolute Gasteiger partial charge is 1.00 e. The Balaban J connectivity index is 0.000000500. The van der Waals surface area contributed by atoms with E-state index in [-0.39, 0.29) is 24.0 Å². The minimum Gasteiger partial charge on any atom is -1.00 e. The molecule has 3 heteroatoms. The first-order valence-corrected chi connectivity index (χ1v) is 5.08. The van der Waals surface area contributed by atoms with Crippen LogP contribution in [0, 0.1) is 5.92 Å². The molecule has 3 aliphatic heterocycles. The van der Waals surface area contributed by atoms with Crippen molar-refractivity contribution in [3.63, 3.8) is 0 Å². The fourth-order valence-electron chi connectivity index (χ4n) is 2.06. The zero-order chi connectivity index (χ0) is 6.27. The highest BCUT2D eigenvalue weighted by atomic mass is 127. The van der Waals surface area contributed by atoms with Crippen LogP contribution in [0.5, 0.6) is 0 Å². The molecular weight excluding hydrogens is 352 g/mol. The van der Waals surface area contributed by atoms with Crippen LogP contribution in [0.1, 0.15) is 12.8 Å². The molecule has 0 amide bonds. The van der Waals surface area contributed by atoms with Gasteiger partial charge in [0, 0.05) is 12.8 Å². The first-order chi connectivity index (χ1) is 4.36.